The van der Waals surface area contributed by atoms with E-state index in [2.05, 4.69) is 58.7 Å². The van der Waals surface area contributed by atoms with Gasteiger partial charge < -0.3 is 4.57 Å². The summed E-state index contributed by atoms with van der Waals surface area (Å²) in [6.07, 6.45) is 17.8. The molecule has 28 heavy (non-hydrogen) atoms. The summed E-state index contributed by atoms with van der Waals surface area (Å²) >= 11 is 2.28. The molecule has 0 amide bonds. The first-order valence-electron chi connectivity index (χ1n) is 11.3. The summed E-state index contributed by atoms with van der Waals surface area (Å²) in [7, 11) is 0. The number of thioether (sulfide) groups is 1. The van der Waals surface area contributed by atoms with E-state index in [-0.39, 0.29) is 0 Å². The fourth-order valence-corrected chi connectivity index (χ4v) is 8.35. The number of nitrogens with zero attached hydrogens (tertiary/aromatic N) is 2. The summed E-state index contributed by atoms with van der Waals surface area (Å²) < 4.78 is 2.34. The van der Waals surface area contributed by atoms with Gasteiger partial charge in [-0.3, -0.25) is 0 Å². The SMILES string of the molecule is Cc1ccc(CCCSC(Cn2ccnc2)C23CC4CC(CC(C4)C2)C3)cc1. The molecular weight excluding hydrogens is 360 g/mol. The van der Waals surface area contributed by atoms with Crippen molar-refractivity contribution >= 4 is 11.8 Å². The highest BCUT2D eigenvalue weighted by Crippen LogP contribution is 2.63. The van der Waals surface area contributed by atoms with Crippen LogP contribution in [-0.4, -0.2) is 20.6 Å². The molecule has 2 aromatic rings. The highest BCUT2D eigenvalue weighted by atomic mass is 32.2. The first-order chi connectivity index (χ1) is 13.7. The minimum Gasteiger partial charge on any atom is -0.336 e. The summed E-state index contributed by atoms with van der Waals surface area (Å²) in [4.78, 5) is 4.32. The number of rotatable bonds is 8. The van der Waals surface area contributed by atoms with Gasteiger partial charge in [-0.15, -0.1) is 0 Å². The minimum absolute atomic E-state index is 0.605. The average molecular weight is 395 g/mol. The Balaban J connectivity index is 1.25. The standard InChI is InChI=1S/C25H34N2S/c1-19-4-6-20(7-5-19)3-2-10-28-24(17-27-9-8-26-18-27)25-14-21-11-22(15-25)13-23(12-21)16-25/h4-9,18,21-24H,2-3,10-17H2,1H3. The molecule has 6 rings (SSSR count). The molecule has 150 valence electrons. The van der Waals surface area contributed by atoms with Gasteiger partial charge in [0.2, 0.25) is 0 Å². The van der Waals surface area contributed by atoms with Gasteiger partial charge in [0.25, 0.3) is 0 Å². The van der Waals surface area contributed by atoms with Crippen LogP contribution in [0.1, 0.15) is 56.1 Å². The Morgan fingerprint density at radius 1 is 1.07 bits per heavy atom. The molecule has 1 aromatic carbocycles. The lowest BCUT2D eigenvalue weighted by Gasteiger charge is -2.59. The Bertz CT molecular complexity index is 729. The molecule has 4 fully saturated rings. The molecule has 0 aliphatic heterocycles. The molecule has 0 saturated heterocycles. The van der Waals surface area contributed by atoms with Crippen LogP contribution in [0.2, 0.25) is 0 Å². The van der Waals surface area contributed by atoms with E-state index in [4.69, 9.17) is 0 Å². The van der Waals surface area contributed by atoms with Crippen molar-refractivity contribution in [3.05, 3.63) is 54.1 Å². The Kier molecular flexibility index (Phi) is 5.30. The van der Waals surface area contributed by atoms with Crippen LogP contribution in [0.3, 0.4) is 0 Å². The Hall–Kier alpha value is -1.22. The molecule has 1 aromatic heterocycles. The maximum Gasteiger partial charge on any atom is 0.0946 e. The van der Waals surface area contributed by atoms with Gasteiger partial charge in [-0.2, -0.15) is 11.8 Å². The molecule has 1 heterocycles. The fraction of sp³-hybridized carbons (Fsp3) is 0.640. The van der Waals surface area contributed by atoms with Gasteiger partial charge in [0.1, 0.15) is 0 Å². The second kappa shape index (κ2) is 7.89. The number of aryl methyl sites for hydroxylation is 2. The zero-order valence-electron chi connectivity index (χ0n) is 17.2. The van der Waals surface area contributed by atoms with Crippen LogP contribution in [-0.2, 0) is 13.0 Å². The van der Waals surface area contributed by atoms with Gasteiger partial charge in [0, 0.05) is 24.2 Å². The summed E-state index contributed by atoms with van der Waals surface area (Å²) in [5.74, 6) is 4.38. The molecule has 4 saturated carbocycles. The number of imidazole rings is 1. The molecule has 0 radical (unpaired) electrons. The fourth-order valence-electron chi connectivity index (χ4n) is 6.84. The van der Waals surface area contributed by atoms with Crippen molar-refractivity contribution in [1.29, 1.82) is 0 Å². The van der Waals surface area contributed by atoms with Crippen molar-refractivity contribution in [1.82, 2.24) is 9.55 Å². The predicted octanol–water partition coefficient (Wildman–Crippen LogP) is 6.14. The highest BCUT2D eigenvalue weighted by molar-refractivity contribution is 7.99. The van der Waals surface area contributed by atoms with E-state index < -0.39 is 0 Å². The molecule has 4 aliphatic rings. The Morgan fingerprint density at radius 2 is 1.75 bits per heavy atom. The van der Waals surface area contributed by atoms with Crippen LogP contribution < -0.4 is 0 Å². The van der Waals surface area contributed by atoms with E-state index in [1.165, 1.54) is 68.2 Å². The lowest BCUT2D eigenvalue weighted by molar-refractivity contribution is -0.0553. The van der Waals surface area contributed by atoms with Crippen molar-refractivity contribution < 1.29 is 0 Å². The van der Waals surface area contributed by atoms with E-state index in [0.29, 0.717) is 5.41 Å². The zero-order valence-corrected chi connectivity index (χ0v) is 18.0. The van der Waals surface area contributed by atoms with Gasteiger partial charge in [-0.25, -0.2) is 4.98 Å². The molecule has 2 nitrogen and oxygen atoms in total. The lowest BCUT2D eigenvalue weighted by atomic mass is 9.48. The van der Waals surface area contributed by atoms with Crippen LogP contribution >= 0.6 is 11.8 Å². The summed E-state index contributed by atoms with van der Waals surface area (Å²) in [5.41, 5.74) is 3.46. The highest BCUT2D eigenvalue weighted by Gasteiger charge is 2.54. The molecule has 0 N–H and O–H groups in total. The van der Waals surface area contributed by atoms with Crippen molar-refractivity contribution in [3.8, 4) is 0 Å². The summed E-state index contributed by atoms with van der Waals surface area (Å²) in [6, 6.07) is 9.11. The third-order valence-electron chi connectivity index (χ3n) is 7.75. The maximum atomic E-state index is 4.32. The smallest absolute Gasteiger partial charge is 0.0946 e. The van der Waals surface area contributed by atoms with E-state index >= 15 is 0 Å². The van der Waals surface area contributed by atoms with Gasteiger partial charge in [0.15, 0.2) is 0 Å². The minimum atomic E-state index is 0.605. The molecule has 4 aliphatic carbocycles. The van der Waals surface area contributed by atoms with Crippen molar-refractivity contribution in [2.45, 2.75) is 70.1 Å². The van der Waals surface area contributed by atoms with E-state index in [1.54, 1.807) is 0 Å². The summed E-state index contributed by atoms with van der Waals surface area (Å²) in [6.45, 7) is 3.33. The van der Waals surface area contributed by atoms with Crippen LogP contribution in [0.15, 0.2) is 43.0 Å². The Morgan fingerprint density at radius 3 is 2.36 bits per heavy atom. The van der Waals surface area contributed by atoms with Crippen LogP contribution in [0.4, 0.5) is 0 Å². The Labute approximate surface area is 174 Å². The quantitative estimate of drug-likeness (QED) is 0.500. The van der Waals surface area contributed by atoms with E-state index in [1.807, 2.05) is 12.5 Å². The second-order valence-corrected chi connectivity index (χ2v) is 11.3. The molecule has 4 bridgehead atoms. The number of aromatic nitrogens is 2. The third-order valence-corrected chi connectivity index (χ3v) is 9.33. The van der Waals surface area contributed by atoms with Gasteiger partial charge >= 0.3 is 0 Å². The maximum absolute atomic E-state index is 4.32. The molecule has 3 heteroatoms. The molecular formula is C25H34N2S. The molecule has 1 atom stereocenters. The molecule has 0 spiro atoms. The number of hydrogen-bond donors (Lipinski definition) is 0. The number of benzene rings is 1. The van der Waals surface area contributed by atoms with Crippen LogP contribution in [0, 0.1) is 30.1 Å². The summed E-state index contributed by atoms with van der Waals surface area (Å²) in [5, 5.41) is 0.758. The first kappa shape index (κ1) is 18.8. The molecule has 1 unspecified atom stereocenters. The van der Waals surface area contributed by atoms with E-state index in [9.17, 15) is 0 Å². The van der Waals surface area contributed by atoms with Gasteiger partial charge in [0.05, 0.1) is 6.33 Å². The first-order valence-corrected chi connectivity index (χ1v) is 12.4. The van der Waals surface area contributed by atoms with Gasteiger partial charge in [-0.1, -0.05) is 29.8 Å². The van der Waals surface area contributed by atoms with Crippen molar-refractivity contribution in [3.63, 3.8) is 0 Å². The number of hydrogen-bond acceptors (Lipinski definition) is 2. The monoisotopic (exact) mass is 394 g/mol. The lowest BCUT2D eigenvalue weighted by Crippen LogP contribution is -2.51. The second-order valence-electron chi connectivity index (χ2n) is 9.99. The van der Waals surface area contributed by atoms with Crippen LogP contribution in [0.25, 0.3) is 0 Å². The third kappa shape index (κ3) is 3.92. The van der Waals surface area contributed by atoms with Crippen LogP contribution in [0.5, 0.6) is 0 Å². The average Bonchev–Trinajstić information content (AvgIpc) is 3.18. The predicted molar refractivity (Wildman–Crippen MR) is 119 cm³/mol. The van der Waals surface area contributed by atoms with Crippen molar-refractivity contribution in [2.75, 3.05) is 5.75 Å². The van der Waals surface area contributed by atoms with Gasteiger partial charge in [-0.05, 0) is 92.8 Å². The largest absolute Gasteiger partial charge is 0.336 e. The van der Waals surface area contributed by atoms with E-state index in [0.717, 1.165) is 29.5 Å². The normalized spacial score (nSPS) is 32.0. The van der Waals surface area contributed by atoms with Crippen molar-refractivity contribution in [2.24, 2.45) is 23.2 Å². The topological polar surface area (TPSA) is 17.8 Å². The zero-order chi connectivity index (χ0) is 19.0.